The number of benzene rings is 1. The van der Waals surface area contributed by atoms with E-state index in [0.29, 0.717) is 18.7 Å². The third kappa shape index (κ3) is 3.21. The van der Waals surface area contributed by atoms with E-state index in [1.807, 2.05) is 36.4 Å². The molecule has 0 radical (unpaired) electrons. The number of nitrogens with one attached hydrogen (secondary N) is 2. The van der Waals surface area contributed by atoms with Crippen LogP contribution in [0.2, 0.25) is 0 Å². The molecule has 1 aliphatic rings. The zero-order valence-electron chi connectivity index (χ0n) is 13.8. The summed E-state index contributed by atoms with van der Waals surface area (Å²) in [6, 6.07) is 11.7. The summed E-state index contributed by atoms with van der Waals surface area (Å²) in [5.74, 6) is -0.146. The highest BCUT2D eigenvalue weighted by Crippen LogP contribution is 2.24. The quantitative estimate of drug-likeness (QED) is 0.681. The zero-order chi connectivity index (χ0) is 17.2. The molecule has 0 unspecified atom stereocenters. The molecule has 3 aromatic rings. The van der Waals surface area contributed by atoms with Crippen molar-refractivity contribution in [1.82, 2.24) is 15.3 Å². The second-order valence-electron chi connectivity index (χ2n) is 6.34. The van der Waals surface area contributed by atoms with Crippen molar-refractivity contribution in [3.8, 4) is 0 Å². The highest BCUT2D eigenvalue weighted by atomic mass is 16.3. The topological polar surface area (TPSA) is 81.2 Å². The van der Waals surface area contributed by atoms with Crippen LogP contribution in [0.25, 0.3) is 11.0 Å². The van der Waals surface area contributed by atoms with Gasteiger partial charge in [-0.1, -0.05) is 18.2 Å². The Kier molecular flexibility index (Phi) is 4.11. The lowest BCUT2D eigenvalue weighted by Crippen LogP contribution is -2.26. The van der Waals surface area contributed by atoms with E-state index in [1.54, 1.807) is 12.4 Å². The first-order valence-corrected chi connectivity index (χ1v) is 8.43. The molecule has 1 aromatic carbocycles. The number of H-pyrrole nitrogens is 1. The maximum absolute atomic E-state index is 12.5. The van der Waals surface area contributed by atoms with Crippen LogP contribution in [0.4, 0.5) is 5.69 Å². The third-order valence-corrected chi connectivity index (χ3v) is 4.60. The first kappa shape index (κ1) is 15.7. The summed E-state index contributed by atoms with van der Waals surface area (Å²) < 4.78 is 0. The number of amides is 1. The van der Waals surface area contributed by atoms with Gasteiger partial charge in [0.2, 0.25) is 0 Å². The number of β-amino-alcohol motifs (C(OH)–C–C–N with tert-alkyl or cyclic N) is 1. The average molecular weight is 336 g/mol. The molecule has 0 spiro atoms. The fraction of sp³-hybridized carbons (Fsp3) is 0.263. The number of rotatable bonds is 4. The van der Waals surface area contributed by atoms with Crippen LogP contribution in [0.1, 0.15) is 22.3 Å². The van der Waals surface area contributed by atoms with Crippen molar-refractivity contribution in [2.75, 3.05) is 18.0 Å². The van der Waals surface area contributed by atoms with E-state index in [9.17, 15) is 9.90 Å². The summed E-state index contributed by atoms with van der Waals surface area (Å²) in [4.78, 5) is 21.9. The molecule has 128 valence electrons. The van der Waals surface area contributed by atoms with Gasteiger partial charge in [0.15, 0.2) is 0 Å². The molecular weight excluding hydrogens is 316 g/mol. The lowest BCUT2D eigenvalue weighted by Gasteiger charge is -2.21. The number of aliphatic hydroxyl groups excluding tert-OH is 1. The summed E-state index contributed by atoms with van der Waals surface area (Å²) in [6.45, 7) is 1.91. The van der Waals surface area contributed by atoms with Crippen molar-refractivity contribution in [1.29, 1.82) is 0 Å². The number of aromatic amines is 1. The van der Waals surface area contributed by atoms with E-state index < -0.39 is 0 Å². The molecule has 1 fully saturated rings. The van der Waals surface area contributed by atoms with E-state index in [2.05, 4.69) is 20.2 Å². The Morgan fingerprint density at radius 2 is 2.24 bits per heavy atom. The number of anilines is 1. The Morgan fingerprint density at radius 1 is 1.36 bits per heavy atom. The molecule has 1 atom stereocenters. The molecule has 0 bridgehead atoms. The number of nitrogens with zero attached hydrogens (tertiary/aromatic N) is 2. The minimum absolute atomic E-state index is 0.146. The van der Waals surface area contributed by atoms with Gasteiger partial charge in [-0.05, 0) is 30.2 Å². The predicted octanol–water partition coefficient (Wildman–Crippen LogP) is 2.06. The number of hydrogen-bond donors (Lipinski definition) is 3. The fourth-order valence-corrected chi connectivity index (χ4v) is 3.27. The van der Waals surface area contributed by atoms with Crippen LogP contribution in [0.5, 0.6) is 0 Å². The normalized spacial score (nSPS) is 17.2. The largest absolute Gasteiger partial charge is 0.391 e. The van der Waals surface area contributed by atoms with Gasteiger partial charge in [-0.15, -0.1) is 0 Å². The van der Waals surface area contributed by atoms with Gasteiger partial charge in [0.25, 0.3) is 5.91 Å². The zero-order valence-corrected chi connectivity index (χ0v) is 13.8. The van der Waals surface area contributed by atoms with Crippen molar-refractivity contribution in [3.63, 3.8) is 0 Å². The first-order chi connectivity index (χ1) is 12.2. The standard InChI is InChI=1S/C19H20N4O2/c24-16-6-8-23(12-16)17-4-2-1-3-14(17)10-22-19(25)15-9-13-5-7-20-18(13)21-11-15/h1-5,7,9,11,16,24H,6,8,10,12H2,(H,20,21)(H,22,25)/t16-/m1/s1. The van der Waals surface area contributed by atoms with Gasteiger partial charge in [0, 0.05) is 43.1 Å². The fourth-order valence-electron chi connectivity index (χ4n) is 3.27. The van der Waals surface area contributed by atoms with Gasteiger partial charge in [-0.2, -0.15) is 0 Å². The van der Waals surface area contributed by atoms with Gasteiger partial charge in [-0.3, -0.25) is 4.79 Å². The number of aliphatic hydroxyl groups is 1. The molecule has 1 saturated heterocycles. The Labute approximate surface area is 145 Å². The highest BCUT2D eigenvalue weighted by Gasteiger charge is 2.22. The van der Waals surface area contributed by atoms with Gasteiger partial charge >= 0.3 is 0 Å². The lowest BCUT2D eigenvalue weighted by molar-refractivity contribution is 0.0950. The number of carbonyl (C=O) groups excluding carboxylic acids is 1. The molecule has 4 rings (SSSR count). The Bertz CT molecular complexity index is 905. The molecule has 2 aromatic heterocycles. The van der Waals surface area contributed by atoms with Crippen LogP contribution in [0, 0.1) is 0 Å². The maximum atomic E-state index is 12.5. The van der Waals surface area contributed by atoms with Gasteiger partial charge in [0.1, 0.15) is 5.65 Å². The molecule has 3 N–H and O–H groups in total. The maximum Gasteiger partial charge on any atom is 0.253 e. The van der Waals surface area contributed by atoms with Crippen LogP contribution < -0.4 is 10.2 Å². The molecule has 3 heterocycles. The summed E-state index contributed by atoms with van der Waals surface area (Å²) >= 11 is 0. The molecular formula is C19H20N4O2. The molecule has 6 heteroatoms. The SMILES string of the molecule is O=C(NCc1ccccc1N1CC[C@@H](O)C1)c1cnc2[nH]ccc2c1. The van der Waals surface area contributed by atoms with E-state index in [0.717, 1.165) is 35.2 Å². The van der Waals surface area contributed by atoms with Gasteiger partial charge < -0.3 is 20.3 Å². The lowest BCUT2D eigenvalue weighted by atomic mass is 10.1. The number of pyridine rings is 1. The van der Waals surface area contributed by atoms with Crippen molar-refractivity contribution in [2.45, 2.75) is 19.1 Å². The Balaban J connectivity index is 1.48. The predicted molar refractivity (Wildman–Crippen MR) is 96.5 cm³/mol. The van der Waals surface area contributed by atoms with Crippen molar-refractivity contribution >= 4 is 22.6 Å². The second kappa shape index (κ2) is 6.57. The number of fused-ring (bicyclic) bond motifs is 1. The van der Waals surface area contributed by atoms with Crippen LogP contribution in [0.3, 0.4) is 0 Å². The summed E-state index contributed by atoms with van der Waals surface area (Å²) in [6.07, 6.45) is 3.89. The van der Waals surface area contributed by atoms with E-state index in [1.165, 1.54) is 0 Å². The minimum Gasteiger partial charge on any atom is -0.391 e. The van der Waals surface area contributed by atoms with Crippen LogP contribution in [0.15, 0.2) is 48.8 Å². The number of carbonyl (C=O) groups is 1. The number of para-hydroxylation sites is 1. The molecule has 25 heavy (non-hydrogen) atoms. The highest BCUT2D eigenvalue weighted by molar-refractivity contribution is 5.96. The third-order valence-electron chi connectivity index (χ3n) is 4.60. The van der Waals surface area contributed by atoms with Crippen LogP contribution in [-0.4, -0.2) is 40.2 Å². The average Bonchev–Trinajstić information content (AvgIpc) is 3.28. The van der Waals surface area contributed by atoms with E-state index >= 15 is 0 Å². The first-order valence-electron chi connectivity index (χ1n) is 8.43. The monoisotopic (exact) mass is 336 g/mol. The Hall–Kier alpha value is -2.86. The number of aromatic nitrogens is 2. The Morgan fingerprint density at radius 3 is 3.08 bits per heavy atom. The smallest absolute Gasteiger partial charge is 0.253 e. The summed E-state index contributed by atoms with van der Waals surface area (Å²) in [7, 11) is 0. The summed E-state index contributed by atoms with van der Waals surface area (Å²) in [5, 5.41) is 13.7. The van der Waals surface area contributed by atoms with Crippen molar-refractivity contribution in [3.05, 3.63) is 59.9 Å². The second-order valence-corrected chi connectivity index (χ2v) is 6.34. The van der Waals surface area contributed by atoms with Crippen LogP contribution in [-0.2, 0) is 6.54 Å². The summed E-state index contributed by atoms with van der Waals surface area (Å²) in [5.41, 5.74) is 3.43. The molecule has 1 amide bonds. The van der Waals surface area contributed by atoms with Crippen molar-refractivity contribution < 1.29 is 9.90 Å². The van der Waals surface area contributed by atoms with Gasteiger partial charge in [-0.25, -0.2) is 4.98 Å². The van der Waals surface area contributed by atoms with Gasteiger partial charge in [0.05, 0.1) is 11.7 Å². The molecule has 0 saturated carbocycles. The number of hydrogen-bond acceptors (Lipinski definition) is 4. The molecule has 1 aliphatic heterocycles. The minimum atomic E-state index is -0.276. The van der Waals surface area contributed by atoms with Crippen LogP contribution >= 0.6 is 0 Å². The van der Waals surface area contributed by atoms with E-state index in [-0.39, 0.29) is 12.0 Å². The van der Waals surface area contributed by atoms with Crippen molar-refractivity contribution in [2.24, 2.45) is 0 Å². The molecule has 0 aliphatic carbocycles. The van der Waals surface area contributed by atoms with E-state index in [4.69, 9.17) is 0 Å². The molecule has 6 nitrogen and oxygen atoms in total.